The van der Waals surface area contributed by atoms with Crippen LogP contribution in [0.1, 0.15) is 23.7 Å². The molecule has 78 valence electrons. The smallest absolute Gasteiger partial charge is 0.164 e. The summed E-state index contributed by atoms with van der Waals surface area (Å²) in [7, 11) is 1.58. The molecule has 1 atom stereocenters. The lowest BCUT2D eigenvalue weighted by Crippen LogP contribution is -2.04. The Morgan fingerprint density at radius 2 is 2.07 bits per heavy atom. The van der Waals surface area contributed by atoms with Crippen molar-refractivity contribution in [2.75, 3.05) is 7.11 Å². The van der Waals surface area contributed by atoms with E-state index in [4.69, 9.17) is 10.00 Å². The van der Waals surface area contributed by atoms with Crippen molar-refractivity contribution >= 4 is 5.78 Å². The van der Waals surface area contributed by atoms with Crippen molar-refractivity contribution in [1.29, 1.82) is 5.26 Å². The number of Topliss-reactive ketones (excluding diaryl/α,β-unsaturated/α-hetero) is 1. The third-order valence-electron chi connectivity index (χ3n) is 2.12. The number of nitriles is 1. The average molecular weight is 203 g/mol. The quantitative estimate of drug-likeness (QED) is 0.706. The second-order valence-electron chi connectivity index (χ2n) is 3.39. The minimum Gasteiger partial charge on any atom is -0.497 e. The Bertz CT molecular complexity index is 376. The topological polar surface area (TPSA) is 50.1 Å². The first-order chi connectivity index (χ1) is 7.17. The lowest BCUT2D eigenvalue weighted by molar-refractivity contribution is 0.0973. The van der Waals surface area contributed by atoms with Crippen molar-refractivity contribution in [2.24, 2.45) is 5.92 Å². The Hall–Kier alpha value is -1.82. The summed E-state index contributed by atoms with van der Waals surface area (Å²) in [5.74, 6) is 0.478. The zero-order valence-electron chi connectivity index (χ0n) is 8.86. The normalized spacial score (nSPS) is 11.5. The molecule has 15 heavy (non-hydrogen) atoms. The van der Waals surface area contributed by atoms with Gasteiger partial charge in [-0.1, -0.05) is 0 Å². The highest BCUT2D eigenvalue weighted by Crippen LogP contribution is 2.14. The van der Waals surface area contributed by atoms with Crippen LogP contribution < -0.4 is 4.74 Å². The fraction of sp³-hybridized carbons (Fsp3) is 0.333. The first kappa shape index (κ1) is 11.3. The number of nitrogens with zero attached hydrogens (tertiary/aromatic N) is 1. The first-order valence-electron chi connectivity index (χ1n) is 4.74. The Kier molecular flexibility index (Phi) is 3.87. The van der Waals surface area contributed by atoms with E-state index in [-0.39, 0.29) is 18.1 Å². The van der Waals surface area contributed by atoms with Gasteiger partial charge in [0.05, 0.1) is 19.1 Å². The number of methoxy groups -OCH3 is 1. The van der Waals surface area contributed by atoms with Crippen LogP contribution in [0.2, 0.25) is 0 Å². The third kappa shape index (κ3) is 3.10. The molecule has 0 spiro atoms. The van der Waals surface area contributed by atoms with Crippen molar-refractivity contribution in [3.05, 3.63) is 29.8 Å². The molecule has 1 aromatic rings. The van der Waals surface area contributed by atoms with Crippen LogP contribution in [0.15, 0.2) is 24.3 Å². The molecular weight excluding hydrogens is 190 g/mol. The predicted molar refractivity (Wildman–Crippen MR) is 56.7 cm³/mol. The highest BCUT2D eigenvalue weighted by molar-refractivity contribution is 5.96. The minimum absolute atomic E-state index is 0.00768. The zero-order chi connectivity index (χ0) is 11.3. The molecule has 0 amide bonds. The van der Waals surface area contributed by atoms with Gasteiger partial charge >= 0.3 is 0 Å². The second kappa shape index (κ2) is 5.16. The average Bonchev–Trinajstić information content (AvgIpc) is 2.29. The van der Waals surface area contributed by atoms with Gasteiger partial charge in [0.1, 0.15) is 5.75 Å². The molecule has 0 saturated carbocycles. The van der Waals surface area contributed by atoms with E-state index in [0.717, 1.165) is 5.75 Å². The summed E-state index contributed by atoms with van der Waals surface area (Å²) >= 11 is 0. The van der Waals surface area contributed by atoms with Gasteiger partial charge in [0.2, 0.25) is 0 Å². The Morgan fingerprint density at radius 3 is 2.53 bits per heavy atom. The maximum Gasteiger partial charge on any atom is 0.164 e. The van der Waals surface area contributed by atoms with Crippen LogP contribution >= 0.6 is 0 Å². The number of benzene rings is 1. The summed E-state index contributed by atoms with van der Waals surface area (Å²) in [4.78, 5) is 11.6. The molecule has 3 heteroatoms. The second-order valence-corrected chi connectivity index (χ2v) is 3.39. The molecule has 0 radical (unpaired) electrons. The number of hydrogen-bond donors (Lipinski definition) is 0. The van der Waals surface area contributed by atoms with Crippen molar-refractivity contribution in [3.63, 3.8) is 0 Å². The summed E-state index contributed by atoms with van der Waals surface area (Å²) in [6, 6.07) is 8.95. The van der Waals surface area contributed by atoms with Gasteiger partial charge in [-0.2, -0.15) is 5.26 Å². The van der Waals surface area contributed by atoms with E-state index in [1.54, 1.807) is 38.3 Å². The standard InChI is InChI=1S/C12H13NO2/c1-9(8-13)7-12(14)10-3-5-11(15-2)6-4-10/h3-6,9H,7H2,1-2H3. The van der Waals surface area contributed by atoms with Gasteiger partial charge in [0, 0.05) is 12.0 Å². The van der Waals surface area contributed by atoms with Crippen molar-refractivity contribution in [2.45, 2.75) is 13.3 Å². The molecule has 0 aliphatic heterocycles. The fourth-order valence-corrected chi connectivity index (χ4v) is 1.22. The molecule has 0 aliphatic carbocycles. The molecule has 0 bridgehead atoms. The summed E-state index contributed by atoms with van der Waals surface area (Å²) in [5.41, 5.74) is 0.623. The number of rotatable bonds is 4. The van der Waals surface area contributed by atoms with Crippen LogP contribution in [-0.4, -0.2) is 12.9 Å². The summed E-state index contributed by atoms with van der Waals surface area (Å²) < 4.78 is 4.99. The molecule has 0 heterocycles. The first-order valence-corrected chi connectivity index (χ1v) is 4.74. The van der Waals surface area contributed by atoms with Crippen molar-refractivity contribution < 1.29 is 9.53 Å². The highest BCUT2D eigenvalue weighted by atomic mass is 16.5. The van der Waals surface area contributed by atoms with E-state index in [2.05, 4.69) is 0 Å². The van der Waals surface area contributed by atoms with Gasteiger partial charge in [-0.3, -0.25) is 4.79 Å². The van der Waals surface area contributed by atoms with Gasteiger partial charge in [0.15, 0.2) is 5.78 Å². The summed E-state index contributed by atoms with van der Waals surface area (Å²) in [5, 5.41) is 8.59. The Balaban J connectivity index is 2.71. The van der Waals surface area contributed by atoms with E-state index in [1.807, 2.05) is 6.07 Å². The van der Waals surface area contributed by atoms with Gasteiger partial charge < -0.3 is 4.74 Å². The maximum atomic E-state index is 11.6. The number of carbonyl (C=O) groups excluding carboxylic acids is 1. The van der Waals surface area contributed by atoms with Gasteiger partial charge in [-0.05, 0) is 31.2 Å². The Labute approximate surface area is 89.3 Å². The van der Waals surface area contributed by atoms with Gasteiger partial charge in [-0.15, -0.1) is 0 Å². The highest BCUT2D eigenvalue weighted by Gasteiger charge is 2.10. The SMILES string of the molecule is COc1ccc(C(=O)CC(C)C#N)cc1. The van der Waals surface area contributed by atoms with E-state index >= 15 is 0 Å². The molecule has 1 aromatic carbocycles. The van der Waals surface area contributed by atoms with Gasteiger partial charge in [0.25, 0.3) is 0 Å². The van der Waals surface area contributed by atoms with Crippen molar-refractivity contribution in [3.8, 4) is 11.8 Å². The van der Waals surface area contributed by atoms with E-state index < -0.39 is 0 Å². The van der Waals surface area contributed by atoms with Crippen molar-refractivity contribution in [1.82, 2.24) is 0 Å². The van der Waals surface area contributed by atoms with E-state index in [0.29, 0.717) is 5.56 Å². The summed E-state index contributed by atoms with van der Waals surface area (Å²) in [6.45, 7) is 1.74. The molecule has 3 nitrogen and oxygen atoms in total. The number of hydrogen-bond acceptors (Lipinski definition) is 3. The molecule has 1 unspecified atom stereocenters. The molecular formula is C12H13NO2. The van der Waals surface area contributed by atoms with Crippen LogP contribution in [0, 0.1) is 17.2 Å². The fourth-order valence-electron chi connectivity index (χ4n) is 1.22. The third-order valence-corrected chi connectivity index (χ3v) is 2.12. The van der Waals surface area contributed by atoms with Crippen LogP contribution in [-0.2, 0) is 0 Å². The monoisotopic (exact) mass is 203 g/mol. The summed E-state index contributed by atoms with van der Waals surface area (Å²) in [6.07, 6.45) is 0.267. The van der Waals surface area contributed by atoms with E-state index in [1.165, 1.54) is 0 Å². The Morgan fingerprint density at radius 1 is 1.47 bits per heavy atom. The zero-order valence-corrected chi connectivity index (χ0v) is 8.86. The lowest BCUT2D eigenvalue weighted by Gasteiger charge is -2.03. The maximum absolute atomic E-state index is 11.6. The molecule has 0 fully saturated rings. The minimum atomic E-state index is -0.236. The van der Waals surface area contributed by atoms with Gasteiger partial charge in [-0.25, -0.2) is 0 Å². The molecule has 0 aliphatic rings. The van der Waals surface area contributed by atoms with Crippen LogP contribution in [0.5, 0.6) is 5.75 Å². The molecule has 0 aromatic heterocycles. The molecule has 0 saturated heterocycles. The number of ketones is 1. The number of carbonyl (C=O) groups is 1. The lowest BCUT2D eigenvalue weighted by atomic mass is 10.0. The number of ether oxygens (including phenoxy) is 1. The van der Waals surface area contributed by atoms with E-state index in [9.17, 15) is 4.79 Å². The molecule has 0 N–H and O–H groups in total. The van der Waals surface area contributed by atoms with Crippen LogP contribution in [0.3, 0.4) is 0 Å². The predicted octanol–water partition coefficient (Wildman–Crippen LogP) is 2.43. The van der Waals surface area contributed by atoms with Crippen LogP contribution in [0.25, 0.3) is 0 Å². The largest absolute Gasteiger partial charge is 0.497 e. The molecule has 1 rings (SSSR count). The van der Waals surface area contributed by atoms with Crippen LogP contribution in [0.4, 0.5) is 0 Å².